The van der Waals surface area contributed by atoms with Crippen molar-refractivity contribution in [1.82, 2.24) is 14.5 Å². The van der Waals surface area contributed by atoms with E-state index in [4.69, 9.17) is 5.73 Å². The Balaban J connectivity index is 1.56. The number of hydrogen-bond donors (Lipinski definition) is 3. The lowest BCUT2D eigenvalue weighted by Gasteiger charge is -2.34. The maximum absolute atomic E-state index is 13.2. The number of thiophene rings is 1. The van der Waals surface area contributed by atoms with Crippen LogP contribution in [0.1, 0.15) is 58.3 Å². The first kappa shape index (κ1) is 27.2. The fourth-order valence-electron chi connectivity index (χ4n) is 5.13. The molecule has 2 unspecified atom stereocenters. The monoisotopic (exact) mass is 547 g/mol. The van der Waals surface area contributed by atoms with Crippen molar-refractivity contribution >= 4 is 44.2 Å². The largest absolute Gasteiger partial charge is 0.351 e. The van der Waals surface area contributed by atoms with E-state index in [1.807, 2.05) is 13.8 Å². The molecule has 10 nitrogen and oxygen atoms in total. The summed E-state index contributed by atoms with van der Waals surface area (Å²) in [6.07, 6.45) is 1.60. The minimum atomic E-state index is -3.67. The number of nitrogens with two attached hydrogens (primary N) is 1. The Morgan fingerprint density at radius 2 is 1.73 bits per heavy atom. The van der Waals surface area contributed by atoms with Crippen molar-refractivity contribution in [2.75, 3.05) is 31.5 Å². The van der Waals surface area contributed by atoms with Crippen LogP contribution in [0.2, 0.25) is 0 Å². The fourth-order valence-corrected chi connectivity index (χ4v) is 8.10. The van der Waals surface area contributed by atoms with Gasteiger partial charge in [-0.2, -0.15) is 4.31 Å². The molecule has 1 aromatic heterocycles. The molecule has 4 rings (SSSR count). The average Bonchev–Trinajstić information content (AvgIpc) is 3.20. The number of nitrogens with one attached hydrogen (secondary N) is 2. The molecule has 200 valence electrons. The van der Waals surface area contributed by atoms with E-state index in [0.717, 1.165) is 30.0 Å². The molecule has 4 N–H and O–H groups in total. The number of anilines is 1. The maximum atomic E-state index is 13.2. The quantitative estimate of drug-likeness (QED) is 0.508. The zero-order valence-corrected chi connectivity index (χ0v) is 22.9. The molecule has 2 aliphatic heterocycles. The van der Waals surface area contributed by atoms with Crippen LogP contribution >= 0.6 is 11.3 Å². The van der Waals surface area contributed by atoms with Crippen LogP contribution in [-0.2, 0) is 23.0 Å². The third-order valence-corrected chi connectivity index (χ3v) is 9.84. The number of nitrogens with zero attached hydrogens (tertiary/aromatic N) is 2. The van der Waals surface area contributed by atoms with Crippen LogP contribution < -0.4 is 16.4 Å². The fraction of sp³-hybridized carbons (Fsp3) is 0.480. The number of benzene rings is 1. The summed E-state index contributed by atoms with van der Waals surface area (Å²) < 4.78 is 27.8. The molecule has 1 fully saturated rings. The number of imide groups is 1. The van der Waals surface area contributed by atoms with Crippen LogP contribution in [0.5, 0.6) is 0 Å². The number of sulfonamides is 1. The summed E-state index contributed by atoms with van der Waals surface area (Å²) in [6, 6.07) is 4.84. The lowest BCUT2D eigenvalue weighted by Crippen LogP contribution is -2.42. The Morgan fingerprint density at radius 3 is 2.32 bits per heavy atom. The van der Waals surface area contributed by atoms with Gasteiger partial charge in [-0.25, -0.2) is 13.2 Å². The number of hydrogen-bond acceptors (Lipinski definition) is 7. The topological polar surface area (TPSA) is 142 Å². The number of likely N-dealkylation sites (N-methyl/N-ethyl adjacent to an activating group) is 1. The molecule has 12 heteroatoms. The first-order valence-electron chi connectivity index (χ1n) is 12.4. The van der Waals surface area contributed by atoms with Gasteiger partial charge in [0.15, 0.2) is 0 Å². The average molecular weight is 548 g/mol. The molecule has 2 atom stereocenters. The summed E-state index contributed by atoms with van der Waals surface area (Å²) >= 11 is 1.30. The predicted octanol–water partition coefficient (Wildman–Crippen LogP) is 2.85. The van der Waals surface area contributed by atoms with Crippen LogP contribution in [0.3, 0.4) is 0 Å². The third kappa shape index (κ3) is 5.87. The second-order valence-electron chi connectivity index (χ2n) is 9.89. The number of carbonyl (C=O) groups is 3. The molecular formula is C25H33N5O5S2. The SMILES string of the molecule is CCN1CCc2c(sc(NC(=O)c3ccc(S(=O)(=O)N4CC(C)CC(C)C4)cc3)c2C(=O)NC(N)=O)C1. The van der Waals surface area contributed by atoms with Gasteiger partial charge in [0.25, 0.3) is 11.8 Å². The van der Waals surface area contributed by atoms with Crippen molar-refractivity contribution in [2.24, 2.45) is 17.6 Å². The van der Waals surface area contributed by atoms with Gasteiger partial charge in [-0.3, -0.25) is 19.8 Å². The molecule has 0 radical (unpaired) electrons. The van der Waals surface area contributed by atoms with E-state index in [0.29, 0.717) is 31.1 Å². The summed E-state index contributed by atoms with van der Waals surface area (Å²) in [5.74, 6) is -0.573. The van der Waals surface area contributed by atoms with Gasteiger partial charge in [-0.1, -0.05) is 20.8 Å². The maximum Gasteiger partial charge on any atom is 0.319 e. The van der Waals surface area contributed by atoms with E-state index in [2.05, 4.69) is 22.5 Å². The normalized spacial score (nSPS) is 20.7. The van der Waals surface area contributed by atoms with Crippen molar-refractivity contribution in [2.45, 2.75) is 45.1 Å². The van der Waals surface area contributed by atoms with Crippen molar-refractivity contribution in [1.29, 1.82) is 0 Å². The zero-order valence-electron chi connectivity index (χ0n) is 21.2. The molecule has 0 spiro atoms. The number of urea groups is 1. The van der Waals surface area contributed by atoms with Gasteiger partial charge < -0.3 is 11.1 Å². The van der Waals surface area contributed by atoms with E-state index in [1.165, 1.54) is 39.9 Å². The molecule has 0 bridgehead atoms. The molecule has 4 amide bonds. The zero-order chi connectivity index (χ0) is 26.9. The molecule has 0 aliphatic carbocycles. The number of rotatable bonds is 6. The van der Waals surface area contributed by atoms with Crippen LogP contribution in [0.15, 0.2) is 29.2 Å². The van der Waals surface area contributed by atoms with E-state index < -0.39 is 27.9 Å². The Bertz CT molecular complexity index is 1300. The Morgan fingerprint density at radius 1 is 1.08 bits per heavy atom. The van der Waals surface area contributed by atoms with Crippen LogP contribution in [-0.4, -0.2) is 61.6 Å². The molecule has 2 aromatic rings. The van der Waals surface area contributed by atoms with Crippen LogP contribution in [0, 0.1) is 11.8 Å². The van der Waals surface area contributed by atoms with Gasteiger partial charge in [0, 0.05) is 36.6 Å². The molecule has 0 saturated carbocycles. The molecule has 2 aliphatic rings. The summed E-state index contributed by atoms with van der Waals surface area (Å²) in [7, 11) is -3.67. The number of fused-ring (bicyclic) bond motifs is 1. The molecule has 37 heavy (non-hydrogen) atoms. The lowest BCUT2D eigenvalue weighted by atomic mass is 9.94. The lowest BCUT2D eigenvalue weighted by molar-refractivity contribution is 0.0965. The van der Waals surface area contributed by atoms with Gasteiger partial charge in [-0.05, 0) is 61.1 Å². The van der Waals surface area contributed by atoms with E-state index in [1.54, 1.807) is 0 Å². The second kappa shape index (κ2) is 10.9. The number of primary amides is 1. The molecule has 3 heterocycles. The van der Waals surface area contributed by atoms with Crippen LogP contribution in [0.25, 0.3) is 0 Å². The smallest absolute Gasteiger partial charge is 0.319 e. The van der Waals surface area contributed by atoms with Crippen molar-refractivity contribution < 1.29 is 22.8 Å². The Labute approximate surface area is 221 Å². The van der Waals surface area contributed by atoms with Crippen molar-refractivity contribution in [3.05, 3.63) is 45.8 Å². The highest BCUT2D eigenvalue weighted by Crippen LogP contribution is 2.37. The summed E-state index contributed by atoms with van der Waals surface area (Å²) in [6.45, 7) is 9.35. The number of carbonyl (C=O) groups excluding carboxylic acids is 3. The number of amides is 4. The molecular weight excluding hydrogens is 514 g/mol. The van der Waals surface area contributed by atoms with Gasteiger partial charge in [0.1, 0.15) is 5.00 Å². The van der Waals surface area contributed by atoms with Crippen LogP contribution in [0.4, 0.5) is 9.80 Å². The highest BCUT2D eigenvalue weighted by atomic mass is 32.2. The second-order valence-corrected chi connectivity index (χ2v) is 12.9. The van der Waals surface area contributed by atoms with Crippen molar-refractivity contribution in [3.63, 3.8) is 0 Å². The summed E-state index contributed by atoms with van der Waals surface area (Å²) in [5.41, 5.74) is 6.46. The highest BCUT2D eigenvalue weighted by molar-refractivity contribution is 7.89. The van der Waals surface area contributed by atoms with E-state index in [-0.39, 0.29) is 27.9 Å². The van der Waals surface area contributed by atoms with Gasteiger partial charge in [0.05, 0.1) is 10.5 Å². The minimum absolute atomic E-state index is 0.137. The molecule has 1 aromatic carbocycles. The minimum Gasteiger partial charge on any atom is -0.351 e. The highest BCUT2D eigenvalue weighted by Gasteiger charge is 2.32. The standard InChI is InChI=1S/C25H33N5O5S2/c1-4-29-10-9-19-20(14-29)36-24(21(19)23(32)28-25(26)33)27-22(31)17-5-7-18(8-6-17)37(34,35)30-12-15(2)11-16(3)13-30/h5-8,15-16H,4,9-14H2,1-3H3,(H,27,31)(H3,26,28,32,33). The first-order chi connectivity index (χ1) is 17.5. The predicted molar refractivity (Wildman–Crippen MR) is 142 cm³/mol. The van der Waals surface area contributed by atoms with Gasteiger partial charge >= 0.3 is 6.03 Å². The van der Waals surface area contributed by atoms with E-state index >= 15 is 0 Å². The third-order valence-electron chi connectivity index (χ3n) is 6.86. The first-order valence-corrected chi connectivity index (χ1v) is 14.6. The summed E-state index contributed by atoms with van der Waals surface area (Å²) in [5, 5.41) is 5.23. The van der Waals surface area contributed by atoms with Gasteiger partial charge in [-0.15, -0.1) is 11.3 Å². The van der Waals surface area contributed by atoms with Gasteiger partial charge in [0.2, 0.25) is 10.0 Å². The summed E-state index contributed by atoms with van der Waals surface area (Å²) in [4.78, 5) is 40.5. The van der Waals surface area contributed by atoms with E-state index in [9.17, 15) is 22.8 Å². The Kier molecular flexibility index (Phi) is 8.02. The number of piperidine rings is 1. The Hall–Kier alpha value is -2.80. The van der Waals surface area contributed by atoms with Crippen molar-refractivity contribution in [3.8, 4) is 0 Å². The molecule has 1 saturated heterocycles.